The minimum absolute atomic E-state index is 0.0249. The van der Waals surface area contributed by atoms with Gasteiger partial charge in [-0.05, 0) is 93.0 Å². The quantitative estimate of drug-likeness (QED) is 0.449. The molecule has 4 N–H and O–H groups in total. The van der Waals surface area contributed by atoms with Gasteiger partial charge in [0.05, 0.1) is 17.9 Å². The van der Waals surface area contributed by atoms with Gasteiger partial charge in [-0.25, -0.2) is 4.79 Å². The van der Waals surface area contributed by atoms with Gasteiger partial charge in [0.2, 0.25) is 0 Å². The molecule has 4 rings (SSSR count). The normalized spacial score (nSPS) is 41.9. The molecule has 0 heterocycles. The first-order chi connectivity index (χ1) is 15.5. The summed E-state index contributed by atoms with van der Waals surface area (Å²) in [5, 5.41) is 35.3. The third-order valence-electron chi connectivity index (χ3n) is 9.73. The summed E-state index contributed by atoms with van der Waals surface area (Å²) in [7, 11) is 0. The lowest BCUT2D eigenvalue weighted by molar-refractivity contribution is -0.143. The van der Waals surface area contributed by atoms with E-state index in [0.717, 1.165) is 57.1 Å². The zero-order valence-electron chi connectivity index (χ0n) is 20.0. The maximum atomic E-state index is 11.8. The molecule has 3 saturated carbocycles. The number of carbonyl (C=O) groups is 2. The van der Waals surface area contributed by atoms with Crippen LogP contribution in [0.3, 0.4) is 0 Å². The Morgan fingerprint density at radius 3 is 2.58 bits per heavy atom. The molecule has 4 aliphatic carbocycles. The van der Waals surface area contributed by atoms with Crippen molar-refractivity contribution in [3.63, 3.8) is 0 Å². The Labute approximate surface area is 195 Å². The van der Waals surface area contributed by atoms with Crippen LogP contribution in [0.1, 0.15) is 72.1 Å². The second kappa shape index (κ2) is 8.69. The SMILES string of the molecule is C[C@]12CC/C(=N\OCC(=O)NC(CO)C(=O)O)C=C1CC[C@@H]1C2CC[C@@]2(C)C1CC[C@]2(C)O. The van der Waals surface area contributed by atoms with Crippen molar-refractivity contribution in [2.24, 2.45) is 33.7 Å². The number of hydrogen-bond donors (Lipinski definition) is 4. The van der Waals surface area contributed by atoms with Gasteiger partial charge in [-0.2, -0.15) is 0 Å². The summed E-state index contributed by atoms with van der Waals surface area (Å²) in [5.41, 5.74) is 1.84. The number of fused-ring (bicyclic) bond motifs is 5. The monoisotopic (exact) mass is 462 g/mol. The number of amides is 1. The van der Waals surface area contributed by atoms with E-state index in [9.17, 15) is 14.7 Å². The highest BCUT2D eigenvalue weighted by molar-refractivity contribution is 5.96. The first-order valence-corrected chi connectivity index (χ1v) is 12.3. The van der Waals surface area contributed by atoms with Gasteiger partial charge in [-0.15, -0.1) is 0 Å². The number of aliphatic hydroxyl groups excluding tert-OH is 1. The molecule has 4 aliphatic rings. The number of nitrogens with one attached hydrogen (secondary N) is 1. The fourth-order valence-electron chi connectivity index (χ4n) is 7.48. The van der Waals surface area contributed by atoms with E-state index in [1.54, 1.807) is 0 Å². The lowest BCUT2D eigenvalue weighted by Crippen LogP contribution is -2.53. The van der Waals surface area contributed by atoms with Gasteiger partial charge in [-0.1, -0.05) is 24.6 Å². The number of rotatable bonds is 6. The maximum absolute atomic E-state index is 11.8. The molecule has 3 unspecified atom stereocenters. The van der Waals surface area contributed by atoms with E-state index in [2.05, 4.69) is 30.4 Å². The van der Waals surface area contributed by atoms with E-state index in [-0.39, 0.29) is 10.8 Å². The van der Waals surface area contributed by atoms with Crippen LogP contribution >= 0.6 is 0 Å². The summed E-state index contributed by atoms with van der Waals surface area (Å²) < 4.78 is 0. The number of carboxylic acids is 1. The number of oxime groups is 1. The average Bonchev–Trinajstić information content (AvgIpc) is 3.01. The van der Waals surface area contributed by atoms with Crippen molar-refractivity contribution in [2.75, 3.05) is 13.2 Å². The van der Waals surface area contributed by atoms with Crippen molar-refractivity contribution < 1.29 is 29.7 Å². The Morgan fingerprint density at radius 2 is 1.88 bits per heavy atom. The molecule has 7 atom stereocenters. The third-order valence-corrected chi connectivity index (χ3v) is 9.73. The van der Waals surface area contributed by atoms with Crippen LogP contribution in [0, 0.1) is 28.6 Å². The number of carbonyl (C=O) groups excluding carboxylic acids is 1. The molecule has 1 amide bonds. The zero-order chi connectivity index (χ0) is 24.0. The highest BCUT2D eigenvalue weighted by Gasteiger charge is 2.62. The Kier molecular flexibility index (Phi) is 6.37. The predicted molar refractivity (Wildman–Crippen MR) is 122 cm³/mol. The Morgan fingerprint density at radius 1 is 1.15 bits per heavy atom. The molecule has 3 fully saturated rings. The average molecular weight is 463 g/mol. The fourth-order valence-corrected chi connectivity index (χ4v) is 7.48. The minimum Gasteiger partial charge on any atom is -0.480 e. The van der Waals surface area contributed by atoms with Crippen LogP contribution in [0.25, 0.3) is 0 Å². The molecule has 8 heteroatoms. The van der Waals surface area contributed by atoms with Gasteiger partial charge >= 0.3 is 5.97 Å². The van der Waals surface area contributed by atoms with Gasteiger partial charge in [0.25, 0.3) is 5.91 Å². The van der Waals surface area contributed by atoms with Gasteiger partial charge < -0.3 is 25.5 Å². The molecule has 0 bridgehead atoms. The number of hydrogen-bond acceptors (Lipinski definition) is 6. The Bertz CT molecular complexity index is 867. The molecule has 0 aliphatic heterocycles. The first kappa shape index (κ1) is 24.2. The molecule has 0 saturated heterocycles. The largest absolute Gasteiger partial charge is 0.480 e. The second-order valence-electron chi connectivity index (χ2n) is 11.3. The maximum Gasteiger partial charge on any atom is 0.328 e. The van der Waals surface area contributed by atoms with Crippen LogP contribution in [-0.4, -0.2) is 57.8 Å². The third kappa shape index (κ3) is 4.09. The lowest BCUT2D eigenvalue weighted by Gasteiger charge is -2.59. The van der Waals surface area contributed by atoms with Crippen LogP contribution in [-0.2, 0) is 14.4 Å². The molecule has 0 aromatic heterocycles. The van der Waals surface area contributed by atoms with E-state index in [1.807, 2.05) is 6.92 Å². The number of carboxylic acid groups (broad SMARTS) is 1. The minimum atomic E-state index is -1.35. The van der Waals surface area contributed by atoms with Crippen molar-refractivity contribution in [1.82, 2.24) is 5.32 Å². The zero-order valence-corrected chi connectivity index (χ0v) is 20.0. The van der Waals surface area contributed by atoms with E-state index in [4.69, 9.17) is 15.1 Å². The van der Waals surface area contributed by atoms with Crippen molar-refractivity contribution in [2.45, 2.75) is 83.8 Å². The number of aliphatic hydroxyl groups is 2. The summed E-state index contributed by atoms with van der Waals surface area (Å²) in [6.45, 7) is 5.68. The Hall–Kier alpha value is -1.93. The number of allylic oxidation sites excluding steroid dienone is 2. The van der Waals surface area contributed by atoms with E-state index < -0.39 is 36.7 Å². The van der Waals surface area contributed by atoms with Crippen LogP contribution in [0.15, 0.2) is 16.8 Å². The summed E-state index contributed by atoms with van der Waals surface area (Å²) in [6, 6.07) is -1.35. The van der Waals surface area contributed by atoms with Crippen LogP contribution < -0.4 is 5.32 Å². The smallest absolute Gasteiger partial charge is 0.328 e. The molecule has 8 nitrogen and oxygen atoms in total. The van der Waals surface area contributed by atoms with Crippen LogP contribution in [0.5, 0.6) is 0 Å². The molecule has 184 valence electrons. The van der Waals surface area contributed by atoms with Gasteiger partial charge in [0, 0.05) is 0 Å². The molecule has 0 aromatic carbocycles. The highest BCUT2D eigenvalue weighted by Crippen LogP contribution is 2.67. The summed E-state index contributed by atoms with van der Waals surface area (Å²) in [5.74, 6) is -0.0492. The molecule has 0 aromatic rings. The van der Waals surface area contributed by atoms with Crippen molar-refractivity contribution in [3.8, 4) is 0 Å². The van der Waals surface area contributed by atoms with E-state index in [1.165, 1.54) is 5.57 Å². The van der Waals surface area contributed by atoms with Gasteiger partial charge in [0.15, 0.2) is 6.61 Å². The molecule has 33 heavy (non-hydrogen) atoms. The molecular weight excluding hydrogens is 424 g/mol. The van der Waals surface area contributed by atoms with E-state index >= 15 is 0 Å². The molecule has 0 spiro atoms. The summed E-state index contributed by atoms with van der Waals surface area (Å²) in [6.07, 6.45) is 10.4. The summed E-state index contributed by atoms with van der Waals surface area (Å²) >= 11 is 0. The predicted octanol–water partition coefficient (Wildman–Crippen LogP) is 2.63. The van der Waals surface area contributed by atoms with Crippen molar-refractivity contribution >= 4 is 17.6 Å². The van der Waals surface area contributed by atoms with Gasteiger partial charge in [0.1, 0.15) is 6.04 Å². The second-order valence-corrected chi connectivity index (χ2v) is 11.3. The Balaban J connectivity index is 1.41. The molecular formula is C25H38N2O6. The fraction of sp³-hybridized carbons (Fsp3) is 0.800. The van der Waals surface area contributed by atoms with Crippen molar-refractivity contribution in [1.29, 1.82) is 0 Å². The van der Waals surface area contributed by atoms with Crippen molar-refractivity contribution in [3.05, 3.63) is 11.6 Å². The van der Waals surface area contributed by atoms with Gasteiger partial charge in [-0.3, -0.25) is 4.79 Å². The highest BCUT2D eigenvalue weighted by atomic mass is 16.6. The van der Waals surface area contributed by atoms with Crippen LogP contribution in [0.4, 0.5) is 0 Å². The standard InChI is InChI=1S/C25H38N2O6/c1-23-9-6-16(27-33-14-21(29)26-20(13-28)22(30)31)12-15(23)4-5-17-18(23)7-10-24(2)19(17)8-11-25(24,3)32/h12,17-20,28,32H,4-11,13-14H2,1-3H3,(H,26,29)(H,30,31)/b27-16+/t17-,18?,19?,20?,23+,24+,25+/m1/s1. The number of nitrogens with zero attached hydrogens (tertiary/aromatic N) is 1. The molecule has 0 radical (unpaired) electrons. The topological polar surface area (TPSA) is 128 Å². The number of aliphatic carboxylic acids is 1. The first-order valence-electron chi connectivity index (χ1n) is 12.3. The van der Waals surface area contributed by atoms with E-state index in [0.29, 0.717) is 17.8 Å². The summed E-state index contributed by atoms with van der Waals surface area (Å²) in [4.78, 5) is 27.9. The lowest BCUT2D eigenvalue weighted by atomic mass is 9.46. The van der Waals surface area contributed by atoms with Crippen LogP contribution in [0.2, 0.25) is 0 Å².